The number of fused-ring (bicyclic) bond motifs is 1. The topological polar surface area (TPSA) is 46.4 Å². The van der Waals surface area contributed by atoms with E-state index in [-0.39, 0.29) is 17.0 Å². The molecular weight excluding hydrogens is 350 g/mol. The van der Waals surface area contributed by atoms with Crippen LogP contribution in [0, 0.1) is 5.82 Å². The van der Waals surface area contributed by atoms with Gasteiger partial charge in [0.15, 0.2) is 0 Å². The Bertz CT molecular complexity index is 963. The zero-order chi connectivity index (χ0) is 18.9. The molecule has 0 saturated heterocycles. The summed E-state index contributed by atoms with van der Waals surface area (Å²) in [6.07, 6.45) is -2.67. The third-order valence-electron chi connectivity index (χ3n) is 3.84. The molecule has 136 valence electrons. The van der Waals surface area contributed by atoms with Crippen molar-refractivity contribution in [1.82, 2.24) is 9.38 Å². The van der Waals surface area contributed by atoms with Crippen LogP contribution in [0.25, 0.3) is 5.65 Å². The predicted octanol–water partition coefficient (Wildman–Crippen LogP) is 4.70. The lowest BCUT2D eigenvalue weighted by Gasteiger charge is -2.10. The van der Waals surface area contributed by atoms with Crippen LogP contribution in [-0.4, -0.2) is 15.3 Å². The SMILES string of the molecule is CCCc1nc2ccc(C(F)(F)F)cn2c1C(=O)Nc1ccccc1F. The quantitative estimate of drug-likeness (QED) is 0.682. The van der Waals surface area contributed by atoms with Crippen molar-refractivity contribution in [2.24, 2.45) is 0 Å². The predicted molar refractivity (Wildman–Crippen MR) is 88.5 cm³/mol. The normalized spacial score (nSPS) is 11.7. The summed E-state index contributed by atoms with van der Waals surface area (Å²) in [4.78, 5) is 16.9. The van der Waals surface area contributed by atoms with E-state index in [1.165, 1.54) is 24.3 Å². The fourth-order valence-electron chi connectivity index (χ4n) is 2.66. The molecule has 4 nitrogen and oxygen atoms in total. The molecule has 0 radical (unpaired) electrons. The number of anilines is 1. The number of nitrogens with one attached hydrogen (secondary N) is 1. The maximum atomic E-state index is 13.8. The van der Waals surface area contributed by atoms with E-state index in [0.29, 0.717) is 18.5 Å². The molecule has 1 amide bonds. The molecule has 1 aromatic carbocycles. The first-order chi connectivity index (χ1) is 12.3. The van der Waals surface area contributed by atoms with Gasteiger partial charge in [-0.25, -0.2) is 9.37 Å². The molecule has 26 heavy (non-hydrogen) atoms. The second-order valence-corrected chi connectivity index (χ2v) is 5.73. The summed E-state index contributed by atoms with van der Waals surface area (Å²) in [6, 6.07) is 7.69. The van der Waals surface area contributed by atoms with Crippen molar-refractivity contribution < 1.29 is 22.4 Å². The second-order valence-electron chi connectivity index (χ2n) is 5.73. The number of halogens is 4. The van der Waals surface area contributed by atoms with Crippen molar-refractivity contribution in [2.45, 2.75) is 25.9 Å². The minimum atomic E-state index is -4.55. The highest BCUT2D eigenvalue weighted by atomic mass is 19.4. The number of amides is 1. The van der Waals surface area contributed by atoms with Crippen LogP contribution >= 0.6 is 0 Å². The molecule has 0 aliphatic heterocycles. The lowest BCUT2D eigenvalue weighted by molar-refractivity contribution is -0.137. The van der Waals surface area contributed by atoms with E-state index in [4.69, 9.17) is 0 Å². The fourth-order valence-corrected chi connectivity index (χ4v) is 2.66. The van der Waals surface area contributed by atoms with Gasteiger partial charge in [0.2, 0.25) is 0 Å². The molecule has 0 spiro atoms. The Hall–Kier alpha value is -2.90. The van der Waals surface area contributed by atoms with Crippen molar-refractivity contribution >= 4 is 17.2 Å². The van der Waals surface area contributed by atoms with Gasteiger partial charge in [-0.2, -0.15) is 13.2 Å². The average molecular weight is 365 g/mol. The molecule has 2 heterocycles. The van der Waals surface area contributed by atoms with E-state index in [9.17, 15) is 22.4 Å². The minimum absolute atomic E-state index is 0.0313. The Morgan fingerprint density at radius 3 is 2.58 bits per heavy atom. The zero-order valence-corrected chi connectivity index (χ0v) is 13.8. The maximum absolute atomic E-state index is 13.8. The number of hydrogen-bond acceptors (Lipinski definition) is 2. The highest BCUT2D eigenvalue weighted by Gasteiger charge is 2.32. The molecule has 2 aromatic heterocycles. The summed E-state index contributed by atoms with van der Waals surface area (Å²) in [5.74, 6) is -1.35. The molecule has 0 aliphatic rings. The van der Waals surface area contributed by atoms with Gasteiger partial charge in [0.25, 0.3) is 5.91 Å². The van der Waals surface area contributed by atoms with Crippen LogP contribution in [0.3, 0.4) is 0 Å². The smallest absolute Gasteiger partial charge is 0.318 e. The molecule has 8 heteroatoms. The first-order valence-electron chi connectivity index (χ1n) is 7.95. The Kier molecular flexibility index (Phi) is 4.67. The lowest BCUT2D eigenvalue weighted by atomic mass is 10.2. The number of carbonyl (C=O) groups excluding carboxylic acids is 1. The number of carbonyl (C=O) groups is 1. The third kappa shape index (κ3) is 3.40. The standard InChI is InChI=1S/C18H15F4N3O/c1-2-5-14-16(17(26)24-13-7-4-3-6-12(13)19)25-10-11(18(20,21)22)8-9-15(25)23-14/h3-4,6-10H,2,5H2,1H3,(H,24,26). The summed E-state index contributed by atoms with van der Waals surface area (Å²) in [7, 11) is 0. The Labute approximate surface area is 146 Å². The Morgan fingerprint density at radius 2 is 1.92 bits per heavy atom. The van der Waals surface area contributed by atoms with Gasteiger partial charge in [-0.3, -0.25) is 9.20 Å². The van der Waals surface area contributed by atoms with Gasteiger partial charge in [-0.1, -0.05) is 25.5 Å². The molecule has 0 bridgehead atoms. The van der Waals surface area contributed by atoms with Crippen LogP contribution in [0.4, 0.5) is 23.2 Å². The number of nitrogens with zero attached hydrogens (tertiary/aromatic N) is 2. The van der Waals surface area contributed by atoms with Crippen LogP contribution in [0.5, 0.6) is 0 Å². The monoisotopic (exact) mass is 365 g/mol. The van der Waals surface area contributed by atoms with Crippen molar-refractivity contribution in [3.8, 4) is 0 Å². The largest absolute Gasteiger partial charge is 0.417 e. The minimum Gasteiger partial charge on any atom is -0.318 e. The van der Waals surface area contributed by atoms with Crippen LogP contribution < -0.4 is 5.32 Å². The highest BCUT2D eigenvalue weighted by Crippen LogP contribution is 2.30. The van der Waals surface area contributed by atoms with Crippen LogP contribution in [0.1, 0.15) is 35.1 Å². The first kappa shape index (κ1) is 17.9. The first-order valence-corrected chi connectivity index (χ1v) is 7.95. The second kappa shape index (κ2) is 6.78. The molecular formula is C18H15F4N3O. The van der Waals surface area contributed by atoms with Crippen LogP contribution in [0.2, 0.25) is 0 Å². The van der Waals surface area contributed by atoms with Gasteiger partial charge >= 0.3 is 6.18 Å². The number of pyridine rings is 1. The molecule has 0 aliphatic carbocycles. The van der Waals surface area contributed by atoms with Gasteiger partial charge < -0.3 is 5.32 Å². The van der Waals surface area contributed by atoms with E-state index in [1.54, 1.807) is 6.07 Å². The molecule has 0 atom stereocenters. The van der Waals surface area contributed by atoms with E-state index in [1.807, 2.05) is 6.92 Å². The maximum Gasteiger partial charge on any atom is 0.417 e. The number of alkyl halides is 3. The molecule has 0 saturated carbocycles. The lowest BCUT2D eigenvalue weighted by Crippen LogP contribution is -2.18. The number of aryl methyl sites for hydroxylation is 1. The summed E-state index contributed by atoms with van der Waals surface area (Å²) in [5.41, 5.74) is -0.399. The van der Waals surface area contributed by atoms with Gasteiger partial charge in [0.1, 0.15) is 17.2 Å². The summed E-state index contributed by atoms with van der Waals surface area (Å²) < 4.78 is 53.9. The molecule has 0 unspecified atom stereocenters. The van der Waals surface area contributed by atoms with Gasteiger partial charge in [-0.15, -0.1) is 0 Å². The van der Waals surface area contributed by atoms with E-state index < -0.39 is 23.5 Å². The zero-order valence-electron chi connectivity index (χ0n) is 13.8. The number of imidazole rings is 1. The summed E-state index contributed by atoms with van der Waals surface area (Å²) >= 11 is 0. The van der Waals surface area contributed by atoms with Crippen LogP contribution in [-0.2, 0) is 12.6 Å². The Morgan fingerprint density at radius 1 is 1.19 bits per heavy atom. The van der Waals surface area contributed by atoms with Gasteiger partial charge in [-0.05, 0) is 30.7 Å². The van der Waals surface area contributed by atoms with Gasteiger partial charge in [0.05, 0.1) is 16.9 Å². The number of benzene rings is 1. The van der Waals surface area contributed by atoms with E-state index in [2.05, 4.69) is 10.3 Å². The summed E-state index contributed by atoms with van der Waals surface area (Å²) in [6.45, 7) is 1.86. The highest BCUT2D eigenvalue weighted by molar-refractivity contribution is 6.04. The van der Waals surface area contributed by atoms with Crippen molar-refractivity contribution in [2.75, 3.05) is 5.32 Å². The van der Waals surface area contributed by atoms with Crippen molar-refractivity contribution in [3.63, 3.8) is 0 Å². The van der Waals surface area contributed by atoms with Crippen molar-refractivity contribution in [1.29, 1.82) is 0 Å². The fraction of sp³-hybridized carbons (Fsp3) is 0.222. The number of aromatic nitrogens is 2. The van der Waals surface area contributed by atoms with Crippen LogP contribution in [0.15, 0.2) is 42.6 Å². The number of hydrogen-bond donors (Lipinski definition) is 1. The number of para-hydroxylation sites is 1. The molecule has 3 aromatic rings. The average Bonchev–Trinajstić information content (AvgIpc) is 2.93. The third-order valence-corrected chi connectivity index (χ3v) is 3.84. The van der Waals surface area contributed by atoms with E-state index >= 15 is 0 Å². The molecule has 0 fully saturated rings. The molecule has 3 rings (SSSR count). The summed E-state index contributed by atoms with van der Waals surface area (Å²) in [5, 5.41) is 2.41. The van der Waals surface area contributed by atoms with Crippen molar-refractivity contribution in [3.05, 3.63) is 65.4 Å². The molecule has 1 N–H and O–H groups in total. The van der Waals surface area contributed by atoms with E-state index in [0.717, 1.165) is 16.7 Å². The van der Waals surface area contributed by atoms with Gasteiger partial charge in [0, 0.05) is 6.20 Å². The Balaban J connectivity index is 2.10. The number of rotatable bonds is 4.